The van der Waals surface area contributed by atoms with Gasteiger partial charge in [-0.15, -0.1) is 0 Å². The molecule has 8 nitrogen and oxygen atoms in total. The summed E-state index contributed by atoms with van der Waals surface area (Å²) in [5.41, 5.74) is 6.71. The molecule has 0 bridgehead atoms. The number of benzene rings is 1. The molecule has 1 aliphatic heterocycles. The number of nitrogens with two attached hydrogens (primary N) is 1. The minimum Gasteiger partial charge on any atom is -0.491 e. The first kappa shape index (κ1) is 17.7. The van der Waals surface area contributed by atoms with Gasteiger partial charge in [0.25, 0.3) is 5.91 Å². The molecule has 2 aromatic heterocycles. The average molecular weight is 436 g/mol. The number of halogens is 2. The zero-order chi connectivity index (χ0) is 19.3. The van der Waals surface area contributed by atoms with E-state index in [1.54, 1.807) is 22.5 Å². The number of carbonyl (C=O) groups is 1. The molecule has 1 atom stereocenters. The van der Waals surface area contributed by atoms with Gasteiger partial charge in [0.1, 0.15) is 30.1 Å². The minimum atomic E-state index is -1.16. The van der Waals surface area contributed by atoms with Crippen LogP contribution in [-0.4, -0.2) is 37.0 Å². The van der Waals surface area contributed by atoms with Crippen LogP contribution in [-0.2, 0) is 13.6 Å². The Kier molecular flexibility index (Phi) is 4.23. The number of amides is 1. The lowest BCUT2D eigenvalue weighted by Gasteiger charge is -2.14. The van der Waals surface area contributed by atoms with Crippen LogP contribution in [0.1, 0.15) is 27.8 Å². The maximum Gasteiger partial charge on any atom is 0.269 e. The highest BCUT2D eigenvalue weighted by Gasteiger charge is 2.31. The number of carbonyl (C=O) groups excluding carboxylic acids is 1. The van der Waals surface area contributed by atoms with Crippen molar-refractivity contribution < 1.29 is 19.0 Å². The largest absolute Gasteiger partial charge is 0.491 e. The Balaban J connectivity index is 1.95. The molecule has 0 radical (unpaired) electrons. The van der Waals surface area contributed by atoms with Crippen LogP contribution < -0.4 is 10.5 Å². The molecule has 0 saturated heterocycles. The van der Waals surface area contributed by atoms with Gasteiger partial charge in [0.2, 0.25) is 0 Å². The van der Waals surface area contributed by atoms with Gasteiger partial charge in [0.15, 0.2) is 5.69 Å². The van der Waals surface area contributed by atoms with Crippen LogP contribution in [0.2, 0.25) is 0 Å². The molecule has 0 fully saturated rings. The number of aryl methyl sites for hydroxylation is 1. The van der Waals surface area contributed by atoms with Gasteiger partial charge in [-0.05, 0) is 22.0 Å². The van der Waals surface area contributed by atoms with Gasteiger partial charge in [-0.3, -0.25) is 9.48 Å². The second-order valence-electron chi connectivity index (χ2n) is 6.15. The molecule has 0 aliphatic carbocycles. The Hall–Kier alpha value is -2.72. The Morgan fingerprint density at radius 1 is 1.48 bits per heavy atom. The molecule has 0 saturated carbocycles. The number of fused-ring (bicyclic) bond motifs is 3. The third-order valence-electron chi connectivity index (χ3n) is 4.38. The topological polar surface area (TPSA) is 108 Å². The summed E-state index contributed by atoms with van der Waals surface area (Å²) in [6.07, 6.45) is 1.98. The van der Waals surface area contributed by atoms with E-state index < -0.39 is 17.8 Å². The number of nitrogens with zero attached hydrogens (tertiary/aromatic N) is 4. The third-order valence-corrected chi connectivity index (χ3v) is 4.98. The van der Waals surface area contributed by atoms with Crippen LogP contribution in [0.15, 0.2) is 29.0 Å². The van der Waals surface area contributed by atoms with E-state index in [4.69, 9.17) is 10.5 Å². The number of imidazole rings is 1. The summed E-state index contributed by atoms with van der Waals surface area (Å²) in [4.78, 5) is 16.4. The average Bonchev–Trinajstić information content (AvgIpc) is 3.17. The van der Waals surface area contributed by atoms with Crippen molar-refractivity contribution >= 4 is 21.8 Å². The van der Waals surface area contributed by atoms with Crippen molar-refractivity contribution in [2.45, 2.75) is 12.6 Å². The van der Waals surface area contributed by atoms with Crippen LogP contribution in [0.3, 0.4) is 0 Å². The summed E-state index contributed by atoms with van der Waals surface area (Å²) in [5.74, 6) is -0.565. The maximum atomic E-state index is 13.9. The van der Waals surface area contributed by atoms with Gasteiger partial charge in [0.05, 0.1) is 28.5 Å². The fourth-order valence-corrected chi connectivity index (χ4v) is 3.51. The highest BCUT2D eigenvalue weighted by atomic mass is 79.9. The van der Waals surface area contributed by atoms with Gasteiger partial charge in [-0.25, -0.2) is 9.37 Å². The molecular weight excluding hydrogens is 421 g/mol. The third kappa shape index (κ3) is 2.90. The van der Waals surface area contributed by atoms with E-state index in [-0.39, 0.29) is 22.5 Å². The lowest BCUT2D eigenvalue weighted by atomic mass is 10.1. The summed E-state index contributed by atoms with van der Waals surface area (Å²) in [7, 11) is 1.72. The number of aliphatic hydroxyl groups excluding tert-OH is 1. The molecule has 1 aliphatic rings. The number of aromatic nitrogens is 4. The first-order chi connectivity index (χ1) is 12.9. The van der Waals surface area contributed by atoms with Crippen molar-refractivity contribution in [2.75, 3.05) is 6.61 Å². The van der Waals surface area contributed by atoms with E-state index in [0.29, 0.717) is 29.2 Å². The molecule has 1 amide bonds. The number of primary amides is 1. The van der Waals surface area contributed by atoms with Crippen molar-refractivity contribution in [3.63, 3.8) is 0 Å². The molecule has 3 aromatic rings. The molecule has 3 N–H and O–H groups in total. The first-order valence-electron chi connectivity index (χ1n) is 8.06. The zero-order valence-corrected chi connectivity index (χ0v) is 15.8. The van der Waals surface area contributed by atoms with E-state index in [1.165, 1.54) is 18.3 Å². The van der Waals surface area contributed by atoms with Crippen molar-refractivity contribution in [2.24, 2.45) is 12.8 Å². The molecule has 4 rings (SSSR count). The summed E-state index contributed by atoms with van der Waals surface area (Å²) in [6, 6.07) is 2.78. The SMILES string of the molecule is Cn1cc(C(O)c2c(C(N)=O)nc3n2CCOc2cc(F)c(Br)cc2-3)cn1. The summed E-state index contributed by atoms with van der Waals surface area (Å²) < 4.78 is 23.0. The normalized spacial score (nSPS) is 14.1. The van der Waals surface area contributed by atoms with Crippen molar-refractivity contribution in [3.8, 4) is 17.1 Å². The molecule has 1 unspecified atom stereocenters. The Morgan fingerprint density at radius 2 is 2.26 bits per heavy atom. The molecule has 0 spiro atoms. The monoisotopic (exact) mass is 435 g/mol. The number of aliphatic hydroxyl groups is 1. The Morgan fingerprint density at radius 3 is 2.93 bits per heavy atom. The number of rotatable bonds is 3. The van der Waals surface area contributed by atoms with Crippen molar-refractivity contribution in [3.05, 3.63) is 51.8 Å². The highest BCUT2D eigenvalue weighted by molar-refractivity contribution is 9.10. The van der Waals surface area contributed by atoms with Crippen LogP contribution in [0, 0.1) is 5.82 Å². The fourth-order valence-electron chi connectivity index (χ4n) is 3.16. The number of ether oxygens (including phenoxy) is 1. The molecule has 27 heavy (non-hydrogen) atoms. The maximum absolute atomic E-state index is 13.9. The second-order valence-corrected chi connectivity index (χ2v) is 7.00. The van der Waals surface area contributed by atoms with Gasteiger partial charge >= 0.3 is 0 Å². The lowest BCUT2D eigenvalue weighted by Crippen LogP contribution is -2.19. The molecule has 3 heterocycles. The number of hydrogen-bond acceptors (Lipinski definition) is 5. The van der Waals surface area contributed by atoms with Gasteiger partial charge in [-0.2, -0.15) is 5.10 Å². The minimum absolute atomic E-state index is 0.0466. The van der Waals surface area contributed by atoms with Crippen LogP contribution in [0.4, 0.5) is 4.39 Å². The Labute approximate surface area is 161 Å². The van der Waals surface area contributed by atoms with Gasteiger partial charge in [-0.1, -0.05) is 0 Å². The van der Waals surface area contributed by atoms with E-state index in [0.717, 1.165) is 0 Å². The molecule has 1 aromatic carbocycles. The number of hydrogen-bond donors (Lipinski definition) is 2. The Bertz CT molecular complexity index is 1060. The summed E-state index contributed by atoms with van der Waals surface area (Å²) >= 11 is 3.15. The van der Waals surface area contributed by atoms with Gasteiger partial charge < -0.3 is 20.1 Å². The summed E-state index contributed by atoms with van der Waals surface area (Å²) in [6.45, 7) is 0.512. The summed E-state index contributed by atoms with van der Waals surface area (Å²) in [5, 5.41) is 14.9. The van der Waals surface area contributed by atoms with Crippen molar-refractivity contribution in [1.82, 2.24) is 19.3 Å². The predicted octanol–water partition coefficient (Wildman–Crippen LogP) is 1.76. The fraction of sp³-hybridized carbons (Fsp3) is 0.235. The van der Waals surface area contributed by atoms with E-state index in [1.807, 2.05) is 0 Å². The predicted molar refractivity (Wildman–Crippen MR) is 96.6 cm³/mol. The molecule has 140 valence electrons. The van der Waals surface area contributed by atoms with E-state index in [9.17, 15) is 14.3 Å². The van der Waals surface area contributed by atoms with E-state index >= 15 is 0 Å². The standard InChI is InChI=1S/C17H15BrFN5O3/c1-23-7-8(6-21-23)15(25)14-13(16(20)26)22-17-9-4-10(18)11(19)5-12(9)27-3-2-24(14)17/h4-7,15,25H,2-3H2,1H3,(H2,20,26). The van der Waals surface area contributed by atoms with E-state index in [2.05, 4.69) is 26.0 Å². The van der Waals surface area contributed by atoms with Crippen molar-refractivity contribution in [1.29, 1.82) is 0 Å². The molecule has 10 heteroatoms. The highest BCUT2D eigenvalue weighted by Crippen LogP contribution is 2.38. The zero-order valence-electron chi connectivity index (χ0n) is 14.2. The molecular formula is C17H15BrFN5O3. The van der Waals surface area contributed by atoms with Gasteiger partial charge in [0, 0.05) is 24.9 Å². The van der Waals surface area contributed by atoms with Crippen LogP contribution >= 0.6 is 15.9 Å². The first-order valence-corrected chi connectivity index (χ1v) is 8.85. The quantitative estimate of drug-likeness (QED) is 0.651. The second kappa shape index (κ2) is 6.46. The van der Waals surface area contributed by atoms with Crippen LogP contribution in [0.5, 0.6) is 5.75 Å². The smallest absolute Gasteiger partial charge is 0.269 e. The lowest BCUT2D eigenvalue weighted by molar-refractivity contribution is 0.0989. The van der Waals surface area contributed by atoms with Crippen LogP contribution in [0.25, 0.3) is 11.4 Å².